The van der Waals surface area contributed by atoms with E-state index in [4.69, 9.17) is 4.74 Å². The van der Waals surface area contributed by atoms with Gasteiger partial charge in [0.2, 0.25) is 0 Å². The molecule has 21 heavy (non-hydrogen) atoms. The first-order valence-electron chi connectivity index (χ1n) is 8.56. The lowest BCUT2D eigenvalue weighted by Crippen LogP contribution is -2.51. The Morgan fingerprint density at radius 2 is 2.05 bits per heavy atom. The predicted molar refractivity (Wildman–Crippen MR) is 83.9 cm³/mol. The van der Waals surface area contributed by atoms with Gasteiger partial charge in [0.1, 0.15) is 0 Å². The van der Waals surface area contributed by atoms with E-state index >= 15 is 0 Å². The lowest BCUT2D eigenvalue weighted by atomic mass is 9.47. The molecule has 0 aromatic heterocycles. The first kappa shape index (κ1) is 13.5. The summed E-state index contributed by atoms with van der Waals surface area (Å²) in [4.78, 5) is 0. The number of hydrogen-bond acceptors (Lipinski definition) is 2. The van der Waals surface area contributed by atoms with E-state index in [0.29, 0.717) is 11.5 Å². The molecule has 0 spiro atoms. The first-order chi connectivity index (χ1) is 10.2. The molecule has 4 unspecified atom stereocenters. The van der Waals surface area contributed by atoms with Gasteiger partial charge in [-0.1, -0.05) is 25.8 Å². The van der Waals surface area contributed by atoms with Gasteiger partial charge in [0.15, 0.2) is 11.5 Å². The van der Waals surface area contributed by atoms with Crippen LogP contribution in [0.25, 0.3) is 0 Å². The second-order valence-corrected chi connectivity index (χ2v) is 7.54. The molecule has 4 rings (SSSR count). The average Bonchev–Trinajstić information content (AvgIpc) is 2.51. The highest BCUT2D eigenvalue weighted by Crippen LogP contribution is 2.62. The van der Waals surface area contributed by atoms with E-state index in [1.165, 1.54) is 49.7 Å². The Morgan fingerprint density at radius 1 is 1.19 bits per heavy atom. The normalized spacial score (nSPS) is 37.5. The maximum absolute atomic E-state index is 10.8. The van der Waals surface area contributed by atoms with Crippen molar-refractivity contribution in [1.82, 2.24) is 0 Å². The molecule has 2 heteroatoms. The van der Waals surface area contributed by atoms with Gasteiger partial charge in [-0.05, 0) is 61.5 Å². The third-order valence-corrected chi connectivity index (χ3v) is 6.79. The second kappa shape index (κ2) is 4.66. The number of benzene rings is 1. The summed E-state index contributed by atoms with van der Waals surface area (Å²) in [6.45, 7) is 2.44. The topological polar surface area (TPSA) is 29.5 Å². The number of rotatable bonds is 1. The Bertz CT molecular complexity index is 565. The Morgan fingerprint density at radius 3 is 2.86 bits per heavy atom. The largest absolute Gasteiger partial charge is 0.504 e. The Kier molecular flexibility index (Phi) is 2.99. The van der Waals surface area contributed by atoms with Gasteiger partial charge in [-0.25, -0.2) is 0 Å². The molecule has 1 aromatic carbocycles. The summed E-state index contributed by atoms with van der Waals surface area (Å²) >= 11 is 0. The van der Waals surface area contributed by atoms with E-state index in [1.807, 2.05) is 6.07 Å². The number of phenols is 1. The predicted octanol–water partition coefficient (Wildman–Crippen LogP) is 4.43. The molecular formula is C19H26O2. The van der Waals surface area contributed by atoms with Crippen molar-refractivity contribution in [3.63, 3.8) is 0 Å². The summed E-state index contributed by atoms with van der Waals surface area (Å²) in [5.74, 6) is 3.53. The number of hydrogen-bond donors (Lipinski definition) is 1. The van der Waals surface area contributed by atoms with Gasteiger partial charge < -0.3 is 9.84 Å². The van der Waals surface area contributed by atoms with Gasteiger partial charge in [-0.15, -0.1) is 0 Å². The van der Waals surface area contributed by atoms with Crippen LogP contribution in [0.1, 0.15) is 56.6 Å². The highest BCUT2D eigenvalue weighted by atomic mass is 16.5. The van der Waals surface area contributed by atoms with Crippen molar-refractivity contribution in [2.75, 3.05) is 7.11 Å². The molecule has 3 aliphatic carbocycles. The molecule has 0 heterocycles. The molecule has 0 radical (unpaired) electrons. The van der Waals surface area contributed by atoms with E-state index in [-0.39, 0.29) is 5.41 Å². The molecule has 0 amide bonds. The maximum atomic E-state index is 10.8. The van der Waals surface area contributed by atoms with Crippen molar-refractivity contribution >= 4 is 0 Å². The lowest BCUT2D eigenvalue weighted by molar-refractivity contribution is 0.0157. The fourth-order valence-electron chi connectivity index (χ4n) is 5.83. The van der Waals surface area contributed by atoms with Crippen molar-refractivity contribution in [3.8, 4) is 11.5 Å². The number of methoxy groups -OCH3 is 1. The highest BCUT2D eigenvalue weighted by Gasteiger charge is 2.54. The molecule has 2 fully saturated rings. The monoisotopic (exact) mass is 286 g/mol. The maximum Gasteiger partial charge on any atom is 0.161 e. The van der Waals surface area contributed by atoms with Crippen LogP contribution in [0.5, 0.6) is 11.5 Å². The molecule has 2 nitrogen and oxygen atoms in total. The number of fused-ring (bicyclic) bond motifs is 1. The van der Waals surface area contributed by atoms with Crippen LogP contribution in [-0.4, -0.2) is 12.2 Å². The van der Waals surface area contributed by atoms with Crippen molar-refractivity contribution < 1.29 is 9.84 Å². The smallest absolute Gasteiger partial charge is 0.161 e. The zero-order valence-electron chi connectivity index (χ0n) is 13.2. The van der Waals surface area contributed by atoms with Crippen molar-refractivity contribution in [3.05, 3.63) is 23.3 Å². The number of ether oxygens (including phenoxy) is 1. The molecule has 2 saturated carbocycles. The Balaban J connectivity index is 1.93. The minimum Gasteiger partial charge on any atom is -0.504 e. The summed E-state index contributed by atoms with van der Waals surface area (Å²) in [6, 6.07) is 4.17. The summed E-state index contributed by atoms with van der Waals surface area (Å²) in [5, 5.41) is 10.8. The molecule has 4 atom stereocenters. The third-order valence-electron chi connectivity index (χ3n) is 6.79. The van der Waals surface area contributed by atoms with E-state index in [1.54, 1.807) is 7.11 Å². The fourth-order valence-corrected chi connectivity index (χ4v) is 5.83. The molecule has 3 aliphatic rings. The lowest BCUT2D eigenvalue weighted by Gasteiger charge is -2.57. The summed E-state index contributed by atoms with van der Waals surface area (Å²) < 4.78 is 5.40. The molecule has 1 aromatic rings. The van der Waals surface area contributed by atoms with Gasteiger partial charge in [0.25, 0.3) is 0 Å². The second-order valence-electron chi connectivity index (χ2n) is 7.54. The van der Waals surface area contributed by atoms with Gasteiger partial charge in [0, 0.05) is 11.0 Å². The molecule has 2 bridgehead atoms. The van der Waals surface area contributed by atoms with Gasteiger partial charge in [-0.3, -0.25) is 0 Å². The summed E-state index contributed by atoms with van der Waals surface area (Å²) in [7, 11) is 1.66. The van der Waals surface area contributed by atoms with Crippen molar-refractivity contribution in [2.24, 2.45) is 17.8 Å². The Labute approximate surface area is 127 Å². The van der Waals surface area contributed by atoms with E-state index in [2.05, 4.69) is 13.0 Å². The van der Waals surface area contributed by atoms with Crippen LogP contribution in [-0.2, 0) is 11.8 Å². The third kappa shape index (κ3) is 1.71. The van der Waals surface area contributed by atoms with Crippen LogP contribution in [0.15, 0.2) is 12.1 Å². The number of phenolic OH excluding ortho intramolecular Hbond substituents is 1. The quantitative estimate of drug-likeness (QED) is 0.827. The first-order valence-corrected chi connectivity index (χ1v) is 8.56. The van der Waals surface area contributed by atoms with Crippen LogP contribution < -0.4 is 4.74 Å². The van der Waals surface area contributed by atoms with Crippen molar-refractivity contribution in [1.29, 1.82) is 0 Å². The van der Waals surface area contributed by atoms with Gasteiger partial charge >= 0.3 is 0 Å². The zero-order valence-corrected chi connectivity index (χ0v) is 13.2. The molecule has 0 saturated heterocycles. The fraction of sp³-hybridized carbons (Fsp3) is 0.684. The zero-order chi connectivity index (χ0) is 14.6. The van der Waals surface area contributed by atoms with Crippen LogP contribution in [0.3, 0.4) is 0 Å². The van der Waals surface area contributed by atoms with Gasteiger partial charge in [-0.2, -0.15) is 0 Å². The molecular weight excluding hydrogens is 260 g/mol. The van der Waals surface area contributed by atoms with E-state index in [0.717, 1.165) is 24.2 Å². The minimum absolute atomic E-state index is 0.238. The Hall–Kier alpha value is -1.18. The number of aromatic hydroxyl groups is 1. The summed E-state index contributed by atoms with van der Waals surface area (Å²) in [5.41, 5.74) is 2.89. The average molecular weight is 286 g/mol. The van der Waals surface area contributed by atoms with E-state index < -0.39 is 0 Å². The van der Waals surface area contributed by atoms with Crippen LogP contribution in [0.4, 0.5) is 0 Å². The van der Waals surface area contributed by atoms with Crippen LogP contribution >= 0.6 is 0 Å². The molecule has 0 aliphatic heterocycles. The van der Waals surface area contributed by atoms with Crippen LogP contribution in [0, 0.1) is 17.8 Å². The molecule has 1 N–H and O–H groups in total. The van der Waals surface area contributed by atoms with E-state index in [9.17, 15) is 5.11 Å². The highest BCUT2D eigenvalue weighted by molar-refractivity contribution is 5.56. The van der Waals surface area contributed by atoms with Crippen molar-refractivity contribution in [2.45, 2.75) is 57.3 Å². The van der Waals surface area contributed by atoms with Crippen LogP contribution in [0.2, 0.25) is 0 Å². The standard InChI is InChI=1S/C19H26O2/c1-12-8-10-19-9-4-3-5-15(19)14(12)11-13-6-7-16(21-2)18(20)17(13)19/h6-7,12,14-15,20H,3-5,8-11H2,1-2H3. The summed E-state index contributed by atoms with van der Waals surface area (Å²) in [6.07, 6.45) is 9.02. The minimum atomic E-state index is 0.238. The van der Waals surface area contributed by atoms with Gasteiger partial charge in [0.05, 0.1) is 7.11 Å². The molecule has 114 valence electrons. The SMILES string of the molecule is COc1ccc2c(c1O)C13CCCCC1C(C2)C(C)CC3.